The molecular weight excluding hydrogens is 536 g/mol. The van der Waals surface area contributed by atoms with Crippen LogP contribution in [0, 0.1) is 13.8 Å². The van der Waals surface area contributed by atoms with Gasteiger partial charge in [0, 0.05) is 0 Å². The summed E-state index contributed by atoms with van der Waals surface area (Å²) in [4.78, 5) is 0.268. The van der Waals surface area contributed by atoms with Crippen molar-refractivity contribution in [2.75, 3.05) is 0 Å². The topological polar surface area (TPSA) is 124 Å². The Kier molecular flexibility index (Phi) is 8.68. The summed E-state index contributed by atoms with van der Waals surface area (Å²) in [5, 5.41) is 37.5. The number of aryl methyl sites for hydroxylation is 2. The second kappa shape index (κ2) is 12.0. The van der Waals surface area contributed by atoms with Crippen LogP contribution < -0.4 is 0 Å². The van der Waals surface area contributed by atoms with Crippen molar-refractivity contribution in [1.29, 1.82) is 0 Å². The summed E-state index contributed by atoms with van der Waals surface area (Å²) in [6.07, 6.45) is 0. The minimum Gasteiger partial charge on any atom is -0.508 e. The van der Waals surface area contributed by atoms with Crippen molar-refractivity contribution in [3.05, 3.63) is 95.1 Å². The van der Waals surface area contributed by atoms with Crippen molar-refractivity contribution in [3.63, 3.8) is 0 Å². The van der Waals surface area contributed by atoms with Crippen LogP contribution in [0.4, 0.5) is 22.7 Å². The number of sulfone groups is 1. The molecule has 0 unspecified atom stereocenters. The number of phenolic OH excluding ortho intramolecular Hbond substituents is 2. The van der Waals surface area contributed by atoms with Crippen LogP contribution in [-0.4, -0.2) is 18.6 Å². The van der Waals surface area contributed by atoms with Gasteiger partial charge in [-0.15, -0.1) is 0 Å². The fourth-order valence-corrected chi connectivity index (χ4v) is 5.54. The highest BCUT2D eigenvalue weighted by Crippen LogP contribution is 2.35. The summed E-state index contributed by atoms with van der Waals surface area (Å²) in [6.45, 7) is 11.6. The van der Waals surface area contributed by atoms with E-state index in [1.54, 1.807) is 36.4 Å². The summed E-state index contributed by atoms with van der Waals surface area (Å²) in [6, 6.07) is 19.4. The molecule has 0 aromatic heterocycles. The van der Waals surface area contributed by atoms with E-state index in [1.165, 1.54) is 24.3 Å². The Labute approximate surface area is 241 Å². The molecule has 9 heteroatoms. The molecule has 0 amide bonds. The van der Waals surface area contributed by atoms with Crippen molar-refractivity contribution in [3.8, 4) is 11.5 Å². The number of hydrogen-bond acceptors (Lipinski definition) is 8. The first kappa shape index (κ1) is 29.6. The molecule has 0 radical (unpaired) electrons. The Bertz CT molecular complexity index is 1600. The molecule has 0 aliphatic carbocycles. The second-order valence-corrected chi connectivity index (χ2v) is 12.5. The van der Waals surface area contributed by atoms with Gasteiger partial charge in [-0.25, -0.2) is 8.42 Å². The van der Waals surface area contributed by atoms with Gasteiger partial charge in [0.15, 0.2) is 0 Å². The largest absolute Gasteiger partial charge is 0.508 e. The van der Waals surface area contributed by atoms with E-state index in [1.807, 2.05) is 53.7 Å². The van der Waals surface area contributed by atoms with Gasteiger partial charge in [0.05, 0.1) is 32.5 Å². The van der Waals surface area contributed by atoms with Crippen molar-refractivity contribution in [2.45, 2.75) is 63.2 Å². The Morgan fingerprint density at radius 2 is 0.902 bits per heavy atom. The number of azo groups is 2. The van der Waals surface area contributed by atoms with Gasteiger partial charge in [0.1, 0.15) is 11.5 Å². The zero-order valence-corrected chi connectivity index (χ0v) is 24.8. The SMILES string of the molecule is Cc1cc(O)c(C(C)C)cc1N=Nc1ccc(S(=O)(=O)c2ccc(N=Nc3cc(C(C)C)c(O)cc3C)cc2)cc1. The van der Waals surface area contributed by atoms with E-state index in [4.69, 9.17) is 0 Å². The van der Waals surface area contributed by atoms with E-state index in [0.717, 1.165) is 22.3 Å². The molecule has 212 valence electrons. The third-order valence-corrected chi connectivity index (χ3v) is 8.56. The fourth-order valence-electron chi connectivity index (χ4n) is 4.28. The number of aromatic hydroxyl groups is 2. The van der Waals surface area contributed by atoms with E-state index in [2.05, 4.69) is 20.5 Å². The summed E-state index contributed by atoms with van der Waals surface area (Å²) in [5.41, 5.74) is 5.44. The summed E-state index contributed by atoms with van der Waals surface area (Å²) < 4.78 is 26.4. The summed E-state index contributed by atoms with van der Waals surface area (Å²) in [5.74, 6) is 0.727. The van der Waals surface area contributed by atoms with Gasteiger partial charge in [-0.1, -0.05) is 27.7 Å². The highest BCUT2D eigenvalue weighted by Gasteiger charge is 2.18. The lowest BCUT2D eigenvalue weighted by Crippen LogP contribution is -2.01. The zero-order chi connectivity index (χ0) is 29.9. The number of rotatable bonds is 8. The average Bonchev–Trinajstić information content (AvgIpc) is 2.92. The molecule has 0 saturated heterocycles. The number of phenols is 2. The van der Waals surface area contributed by atoms with Gasteiger partial charge < -0.3 is 10.2 Å². The number of benzene rings is 4. The van der Waals surface area contributed by atoms with Crippen LogP contribution in [0.25, 0.3) is 0 Å². The highest BCUT2D eigenvalue weighted by atomic mass is 32.2. The highest BCUT2D eigenvalue weighted by molar-refractivity contribution is 7.91. The summed E-state index contributed by atoms with van der Waals surface area (Å²) in [7, 11) is -3.76. The molecule has 8 nitrogen and oxygen atoms in total. The van der Waals surface area contributed by atoms with Gasteiger partial charge in [0.25, 0.3) is 0 Å². The molecule has 4 aromatic carbocycles. The predicted octanol–water partition coefficient (Wildman–Crippen LogP) is 9.63. The van der Waals surface area contributed by atoms with Gasteiger partial charge in [-0.3, -0.25) is 0 Å². The third-order valence-electron chi connectivity index (χ3n) is 6.77. The molecule has 4 rings (SSSR count). The Morgan fingerprint density at radius 1 is 0.561 bits per heavy atom. The van der Waals surface area contributed by atoms with Gasteiger partial charge in [-0.2, -0.15) is 20.5 Å². The first-order chi connectivity index (χ1) is 19.4. The Hall–Kier alpha value is -4.37. The molecule has 0 saturated carbocycles. The maximum atomic E-state index is 13.2. The Balaban J connectivity index is 1.50. The van der Waals surface area contributed by atoms with E-state index in [-0.39, 0.29) is 33.1 Å². The van der Waals surface area contributed by atoms with Crippen molar-refractivity contribution in [2.24, 2.45) is 20.5 Å². The molecule has 0 spiro atoms. The fraction of sp³-hybridized carbons (Fsp3) is 0.250. The first-order valence-electron chi connectivity index (χ1n) is 13.3. The van der Waals surface area contributed by atoms with Crippen molar-refractivity contribution < 1.29 is 18.6 Å². The summed E-state index contributed by atoms with van der Waals surface area (Å²) >= 11 is 0. The number of hydrogen-bond donors (Lipinski definition) is 2. The normalized spacial score (nSPS) is 12.3. The maximum Gasteiger partial charge on any atom is 0.206 e. The lowest BCUT2D eigenvalue weighted by atomic mass is 9.99. The standard InChI is InChI=1S/C32H34N4O4S/c1-19(2)27-17-29(21(5)15-31(27)37)35-33-23-7-11-25(12-8-23)41(39,40)26-13-9-24(10-14-26)34-36-30-18-28(20(3)4)32(38)16-22(30)6/h7-20,37-38H,1-6H3. The zero-order valence-electron chi connectivity index (χ0n) is 24.0. The lowest BCUT2D eigenvalue weighted by Gasteiger charge is -2.10. The van der Waals surface area contributed by atoms with E-state index in [9.17, 15) is 18.6 Å². The molecule has 2 N–H and O–H groups in total. The Morgan fingerprint density at radius 3 is 1.22 bits per heavy atom. The van der Waals surface area contributed by atoms with Gasteiger partial charge in [0.2, 0.25) is 9.84 Å². The molecule has 0 aliphatic heterocycles. The van der Waals surface area contributed by atoms with E-state index >= 15 is 0 Å². The third kappa shape index (κ3) is 6.69. The second-order valence-electron chi connectivity index (χ2n) is 10.6. The van der Waals surface area contributed by atoms with Crippen LogP contribution in [0.3, 0.4) is 0 Å². The van der Waals surface area contributed by atoms with Crippen LogP contribution in [0.15, 0.2) is 103 Å². The van der Waals surface area contributed by atoms with Crippen LogP contribution in [0.1, 0.15) is 61.8 Å². The van der Waals surface area contributed by atoms with Crippen LogP contribution in [0.5, 0.6) is 11.5 Å². The van der Waals surface area contributed by atoms with Crippen molar-refractivity contribution >= 4 is 32.6 Å². The predicted molar refractivity (Wildman–Crippen MR) is 161 cm³/mol. The average molecular weight is 571 g/mol. The van der Waals surface area contributed by atoms with E-state index < -0.39 is 9.84 Å². The lowest BCUT2D eigenvalue weighted by molar-refractivity contribution is 0.464. The quantitative estimate of drug-likeness (QED) is 0.205. The molecular formula is C32H34N4O4S. The van der Waals surface area contributed by atoms with Crippen molar-refractivity contribution in [1.82, 2.24) is 0 Å². The monoisotopic (exact) mass is 570 g/mol. The smallest absolute Gasteiger partial charge is 0.206 e. The van der Waals surface area contributed by atoms with Gasteiger partial charge >= 0.3 is 0 Å². The van der Waals surface area contributed by atoms with E-state index in [0.29, 0.717) is 22.7 Å². The van der Waals surface area contributed by atoms with Crippen LogP contribution in [0.2, 0.25) is 0 Å². The minimum atomic E-state index is -3.76. The molecule has 0 fully saturated rings. The van der Waals surface area contributed by atoms with Gasteiger partial charge in [-0.05, 0) is 121 Å². The molecule has 0 atom stereocenters. The van der Waals surface area contributed by atoms with Crippen LogP contribution >= 0.6 is 0 Å². The number of nitrogens with zero attached hydrogens (tertiary/aromatic N) is 4. The van der Waals surface area contributed by atoms with Crippen LogP contribution in [-0.2, 0) is 9.84 Å². The molecule has 0 heterocycles. The molecule has 0 aliphatic rings. The minimum absolute atomic E-state index is 0.132. The first-order valence-corrected chi connectivity index (χ1v) is 14.8. The molecule has 4 aromatic rings. The maximum absolute atomic E-state index is 13.2. The molecule has 41 heavy (non-hydrogen) atoms. The molecule has 0 bridgehead atoms.